The summed E-state index contributed by atoms with van der Waals surface area (Å²) >= 11 is 0. The number of aromatic nitrogens is 2. The van der Waals surface area contributed by atoms with Crippen LogP contribution < -0.4 is 5.32 Å². The smallest absolute Gasteiger partial charge is 0.419 e. The van der Waals surface area contributed by atoms with Gasteiger partial charge in [0.1, 0.15) is 5.54 Å². The van der Waals surface area contributed by atoms with Crippen LogP contribution in [0.2, 0.25) is 0 Å². The summed E-state index contributed by atoms with van der Waals surface area (Å²) in [4.78, 5) is 11.9. The van der Waals surface area contributed by atoms with Crippen LogP contribution in [-0.2, 0) is 22.3 Å². The molecule has 0 aliphatic carbocycles. The lowest BCUT2D eigenvalue weighted by atomic mass is 10.0. The Balaban J connectivity index is 2.90. The first-order chi connectivity index (χ1) is 9.23. The van der Waals surface area contributed by atoms with E-state index in [1.165, 1.54) is 0 Å². The van der Waals surface area contributed by atoms with Gasteiger partial charge < -0.3 is 10.1 Å². The number of nitrogens with one attached hydrogen (secondary N) is 1. The monoisotopic (exact) mass is 293 g/mol. The van der Waals surface area contributed by atoms with Crippen LogP contribution in [0.1, 0.15) is 26.3 Å². The fraction of sp³-hybridized carbons (Fsp3) is 0.667. The lowest BCUT2D eigenvalue weighted by Crippen LogP contribution is -2.53. The maximum Gasteiger partial charge on any atom is 0.419 e. The SMILES string of the molecule is CCNC(C)(Cn1cc(C(F)(F)F)cn1)C(=O)OCC. The Hall–Kier alpha value is -1.57. The van der Waals surface area contributed by atoms with Crippen molar-refractivity contribution in [3.63, 3.8) is 0 Å². The third-order valence-electron chi connectivity index (χ3n) is 2.73. The van der Waals surface area contributed by atoms with Crippen molar-refractivity contribution in [2.45, 2.75) is 39.0 Å². The van der Waals surface area contributed by atoms with E-state index < -0.39 is 23.2 Å². The number of ether oxygens (including phenoxy) is 1. The average Bonchev–Trinajstić information content (AvgIpc) is 2.77. The van der Waals surface area contributed by atoms with E-state index in [1.54, 1.807) is 20.8 Å². The second-order valence-electron chi connectivity index (χ2n) is 4.51. The first-order valence-electron chi connectivity index (χ1n) is 6.25. The van der Waals surface area contributed by atoms with E-state index in [1.807, 2.05) is 0 Å². The third kappa shape index (κ3) is 3.96. The number of carbonyl (C=O) groups excluding carboxylic acids is 1. The van der Waals surface area contributed by atoms with Crippen molar-refractivity contribution in [1.82, 2.24) is 15.1 Å². The fourth-order valence-electron chi connectivity index (χ4n) is 1.79. The topological polar surface area (TPSA) is 56.2 Å². The summed E-state index contributed by atoms with van der Waals surface area (Å²) in [5.74, 6) is -0.522. The van der Waals surface area contributed by atoms with Crippen LogP contribution in [0.15, 0.2) is 12.4 Å². The lowest BCUT2D eigenvalue weighted by molar-refractivity contribution is -0.151. The molecule has 0 saturated carbocycles. The Labute approximate surface area is 115 Å². The molecule has 1 unspecified atom stereocenters. The Morgan fingerprint density at radius 2 is 2.10 bits per heavy atom. The molecule has 0 saturated heterocycles. The zero-order chi connectivity index (χ0) is 15.4. The zero-order valence-corrected chi connectivity index (χ0v) is 11.6. The van der Waals surface area contributed by atoms with Crippen molar-refractivity contribution in [2.24, 2.45) is 0 Å². The second kappa shape index (κ2) is 6.25. The number of alkyl halides is 3. The fourth-order valence-corrected chi connectivity index (χ4v) is 1.79. The highest BCUT2D eigenvalue weighted by molar-refractivity contribution is 5.80. The molecule has 20 heavy (non-hydrogen) atoms. The molecule has 1 rings (SSSR count). The molecule has 1 heterocycles. The molecule has 1 aromatic rings. The number of nitrogens with zero attached hydrogens (tertiary/aromatic N) is 2. The summed E-state index contributed by atoms with van der Waals surface area (Å²) in [6.07, 6.45) is -2.84. The minimum Gasteiger partial charge on any atom is -0.465 e. The van der Waals surface area contributed by atoms with Crippen molar-refractivity contribution in [2.75, 3.05) is 13.2 Å². The molecule has 1 atom stereocenters. The maximum absolute atomic E-state index is 12.5. The largest absolute Gasteiger partial charge is 0.465 e. The van der Waals surface area contributed by atoms with Gasteiger partial charge >= 0.3 is 12.1 Å². The van der Waals surface area contributed by atoms with E-state index in [9.17, 15) is 18.0 Å². The normalized spacial score (nSPS) is 14.9. The number of esters is 1. The molecular weight excluding hydrogens is 275 g/mol. The van der Waals surface area contributed by atoms with E-state index in [4.69, 9.17) is 4.74 Å². The van der Waals surface area contributed by atoms with Crippen LogP contribution in [0.5, 0.6) is 0 Å². The molecule has 5 nitrogen and oxygen atoms in total. The number of halogens is 3. The minimum atomic E-state index is -4.45. The summed E-state index contributed by atoms with van der Waals surface area (Å²) < 4.78 is 43.5. The zero-order valence-electron chi connectivity index (χ0n) is 11.6. The van der Waals surface area contributed by atoms with Gasteiger partial charge in [-0.2, -0.15) is 18.3 Å². The molecular formula is C12H18F3N3O2. The molecule has 0 radical (unpaired) electrons. The molecule has 114 valence electrons. The highest BCUT2D eigenvalue weighted by Crippen LogP contribution is 2.28. The van der Waals surface area contributed by atoms with Crippen molar-refractivity contribution < 1.29 is 22.7 Å². The average molecular weight is 293 g/mol. The standard InChI is InChI=1S/C12H18F3N3O2/c1-4-16-11(3,10(19)20-5-2)8-18-7-9(6-17-18)12(13,14)15/h6-7,16H,4-5,8H2,1-3H3. The number of hydrogen-bond acceptors (Lipinski definition) is 4. The van der Waals surface area contributed by atoms with E-state index in [2.05, 4.69) is 10.4 Å². The van der Waals surface area contributed by atoms with E-state index in [0.29, 0.717) is 6.54 Å². The van der Waals surface area contributed by atoms with Crippen molar-refractivity contribution in [3.05, 3.63) is 18.0 Å². The van der Waals surface area contributed by atoms with Crippen LogP contribution in [0.25, 0.3) is 0 Å². The quantitative estimate of drug-likeness (QED) is 0.813. The summed E-state index contributed by atoms with van der Waals surface area (Å²) in [5.41, 5.74) is -1.97. The minimum absolute atomic E-state index is 0.0459. The van der Waals surface area contributed by atoms with Gasteiger partial charge in [0.05, 0.1) is 24.9 Å². The van der Waals surface area contributed by atoms with Gasteiger partial charge in [-0.05, 0) is 20.4 Å². The molecule has 0 aromatic carbocycles. The predicted molar refractivity (Wildman–Crippen MR) is 65.9 cm³/mol. The van der Waals surface area contributed by atoms with Crippen molar-refractivity contribution in [3.8, 4) is 0 Å². The molecule has 0 fully saturated rings. The molecule has 0 amide bonds. The van der Waals surface area contributed by atoms with Crippen LogP contribution >= 0.6 is 0 Å². The molecule has 0 spiro atoms. The van der Waals surface area contributed by atoms with E-state index in [0.717, 1.165) is 17.1 Å². The van der Waals surface area contributed by atoms with Gasteiger partial charge in [-0.3, -0.25) is 4.68 Å². The third-order valence-corrected chi connectivity index (χ3v) is 2.73. The summed E-state index contributed by atoms with van der Waals surface area (Å²) in [6, 6.07) is 0. The highest BCUT2D eigenvalue weighted by Gasteiger charge is 2.36. The van der Waals surface area contributed by atoms with Gasteiger partial charge in [-0.25, -0.2) is 4.79 Å². The molecule has 0 aliphatic rings. The lowest BCUT2D eigenvalue weighted by Gasteiger charge is -2.27. The Morgan fingerprint density at radius 1 is 1.45 bits per heavy atom. The van der Waals surface area contributed by atoms with Gasteiger partial charge in [0.25, 0.3) is 0 Å². The highest BCUT2D eigenvalue weighted by atomic mass is 19.4. The van der Waals surface area contributed by atoms with Crippen molar-refractivity contribution >= 4 is 5.97 Å². The molecule has 1 N–H and O–H groups in total. The molecule has 0 aliphatic heterocycles. The summed E-state index contributed by atoms with van der Waals surface area (Å²) in [6.45, 7) is 5.66. The van der Waals surface area contributed by atoms with Crippen molar-refractivity contribution in [1.29, 1.82) is 0 Å². The van der Waals surface area contributed by atoms with Crippen LogP contribution in [0.3, 0.4) is 0 Å². The van der Waals surface area contributed by atoms with Gasteiger partial charge in [-0.1, -0.05) is 6.92 Å². The number of hydrogen-bond donors (Lipinski definition) is 1. The van der Waals surface area contributed by atoms with Crippen LogP contribution in [0, 0.1) is 0 Å². The first-order valence-corrected chi connectivity index (χ1v) is 6.25. The Morgan fingerprint density at radius 3 is 2.55 bits per heavy atom. The van der Waals surface area contributed by atoms with Gasteiger partial charge in [0, 0.05) is 6.20 Å². The Kier molecular flexibility index (Phi) is 5.15. The molecule has 0 bridgehead atoms. The predicted octanol–water partition coefficient (Wildman–Crippen LogP) is 1.83. The van der Waals surface area contributed by atoms with Gasteiger partial charge in [0.15, 0.2) is 0 Å². The van der Waals surface area contributed by atoms with E-state index >= 15 is 0 Å². The number of rotatable bonds is 6. The van der Waals surface area contributed by atoms with Crippen LogP contribution in [-0.4, -0.2) is 34.4 Å². The molecule has 8 heteroatoms. The number of likely N-dealkylation sites (N-methyl/N-ethyl adjacent to an activating group) is 1. The van der Waals surface area contributed by atoms with Gasteiger partial charge in [-0.15, -0.1) is 0 Å². The number of carbonyl (C=O) groups is 1. The Bertz CT molecular complexity index is 459. The van der Waals surface area contributed by atoms with Gasteiger partial charge in [0.2, 0.25) is 0 Å². The molecule has 1 aromatic heterocycles. The second-order valence-corrected chi connectivity index (χ2v) is 4.51. The maximum atomic E-state index is 12.5. The summed E-state index contributed by atoms with van der Waals surface area (Å²) in [5, 5.41) is 6.56. The summed E-state index contributed by atoms with van der Waals surface area (Å²) in [7, 11) is 0. The first kappa shape index (κ1) is 16.5. The van der Waals surface area contributed by atoms with E-state index in [-0.39, 0.29) is 13.2 Å². The van der Waals surface area contributed by atoms with Crippen LogP contribution in [0.4, 0.5) is 13.2 Å².